The monoisotopic (exact) mass is 414 g/mol. The van der Waals surface area contributed by atoms with Crippen molar-refractivity contribution in [1.82, 2.24) is 0 Å². The summed E-state index contributed by atoms with van der Waals surface area (Å²) in [5, 5.41) is 3.16. The van der Waals surface area contributed by atoms with Crippen LogP contribution in [0, 0.1) is 6.92 Å². The highest BCUT2D eigenvalue weighted by Gasteiger charge is 2.40. The molecule has 0 unspecified atom stereocenters. The number of nitrogens with zero attached hydrogens (tertiary/aromatic N) is 1. The van der Waals surface area contributed by atoms with E-state index in [1.54, 1.807) is 49.6 Å². The number of amides is 2. The second-order valence-electron chi connectivity index (χ2n) is 7.09. The molecule has 6 nitrogen and oxygen atoms in total. The van der Waals surface area contributed by atoms with Crippen LogP contribution in [0.15, 0.2) is 78.5 Å². The van der Waals surface area contributed by atoms with Crippen LogP contribution < -0.4 is 19.7 Å². The van der Waals surface area contributed by atoms with Crippen LogP contribution in [0.1, 0.15) is 11.1 Å². The highest BCUT2D eigenvalue weighted by molar-refractivity contribution is 6.46. The number of rotatable bonds is 6. The van der Waals surface area contributed by atoms with Crippen molar-refractivity contribution >= 4 is 28.8 Å². The Labute approximate surface area is 180 Å². The van der Waals surface area contributed by atoms with Gasteiger partial charge in [-0.1, -0.05) is 42.0 Å². The summed E-state index contributed by atoms with van der Waals surface area (Å²) >= 11 is 0. The third-order valence-corrected chi connectivity index (χ3v) is 5.09. The fourth-order valence-electron chi connectivity index (χ4n) is 3.50. The van der Waals surface area contributed by atoms with Crippen molar-refractivity contribution in [3.63, 3.8) is 0 Å². The summed E-state index contributed by atoms with van der Waals surface area (Å²) in [6.45, 7) is 1.99. The molecule has 1 heterocycles. The third-order valence-electron chi connectivity index (χ3n) is 5.09. The number of hydrogen-bond donors (Lipinski definition) is 1. The molecular formula is C25H22N2O4. The van der Waals surface area contributed by atoms with E-state index in [1.165, 1.54) is 12.0 Å². The highest BCUT2D eigenvalue weighted by Crippen LogP contribution is 2.37. The molecule has 0 atom stereocenters. The molecule has 3 aromatic rings. The maximum Gasteiger partial charge on any atom is 0.282 e. The zero-order chi connectivity index (χ0) is 22.0. The summed E-state index contributed by atoms with van der Waals surface area (Å²) < 4.78 is 10.7. The lowest BCUT2D eigenvalue weighted by molar-refractivity contribution is -0.120. The van der Waals surface area contributed by atoms with E-state index in [0.29, 0.717) is 22.7 Å². The molecule has 0 bridgehead atoms. The average Bonchev–Trinajstić information content (AvgIpc) is 3.04. The summed E-state index contributed by atoms with van der Waals surface area (Å²) in [4.78, 5) is 28.0. The number of benzene rings is 3. The molecule has 2 amide bonds. The van der Waals surface area contributed by atoms with E-state index in [0.717, 1.165) is 11.3 Å². The summed E-state index contributed by atoms with van der Waals surface area (Å²) in [6.07, 6.45) is 0. The Morgan fingerprint density at radius 2 is 1.45 bits per heavy atom. The molecule has 0 fully saturated rings. The fourth-order valence-corrected chi connectivity index (χ4v) is 3.50. The number of imide groups is 1. The Hall–Kier alpha value is -4.06. The van der Waals surface area contributed by atoms with Gasteiger partial charge >= 0.3 is 0 Å². The van der Waals surface area contributed by atoms with E-state index in [4.69, 9.17) is 9.47 Å². The topological polar surface area (TPSA) is 67.9 Å². The van der Waals surface area contributed by atoms with Crippen molar-refractivity contribution in [2.75, 3.05) is 24.4 Å². The van der Waals surface area contributed by atoms with Gasteiger partial charge in [-0.2, -0.15) is 0 Å². The molecule has 0 radical (unpaired) electrons. The van der Waals surface area contributed by atoms with Crippen molar-refractivity contribution < 1.29 is 19.1 Å². The van der Waals surface area contributed by atoms with Crippen LogP contribution in [0.2, 0.25) is 0 Å². The van der Waals surface area contributed by atoms with Crippen molar-refractivity contribution in [3.8, 4) is 11.5 Å². The van der Waals surface area contributed by atoms with Crippen LogP contribution in [0.4, 0.5) is 11.4 Å². The zero-order valence-electron chi connectivity index (χ0n) is 17.5. The molecule has 3 aromatic carbocycles. The van der Waals surface area contributed by atoms with Gasteiger partial charge in [-0.15, -0.1) is 0 Å². The van der Waals surface area contributed by atoms with E-state index in [2.05, 4.69) is 5.32 Å². The number of carbonyl (C=O) groups is 2. The summed E-state index contributed by atoms with van der Waals surface area (Å²) in [7, 11) is 3.07. The minimum atomic E-state index is -0.415. The Bertz CT molecular complexity index is 1170. The molecule has 6 heteroatoms. The summed E-state index contributed by atoms with van der Waals surface area (Å²) in [5.41, 5.74) is 3.37. The van der Waals surface area contributed by atoms with Crippen molar-refractivity contribution in [2.45, 2.75) is 6.92 Å². The van der Waals surface area contributed by atoms with Crippen LogP contribution in [-0.4, -0.2) is 26.0 Å². The van der Waals surface area contributed by atoms with Gasteiger partial charge in [-0.05, 0) is 48.9 Å². The van der Waals surface area contributed by atoms with Crippen molar-refractivity contribution in [3.05, 3.63) is 89.6 Å². The van der Waals surface area contributed by atoms with Gasteiger partial charge in [0.1, 0.15) is 5.70 Å². The van der Waals surface area contributed by atoms with Gasteiger partial charge in [-0.25, -0.2) is 4.90 Å². The number of hydrogen-bond acceptors (Lipinski definition) is 5. The molecular weight excluding hydrogens is 392 g/mol. The molecule has 0 aromatic heterocycles. The summed E-state index contributed by atoms with van der Waals surface area (Å²) in [6, 6.07) is 21.7. The molecule has 1 N–H and O–H groups in total. The van der Waals surface area contributed by atoms with E-state index in [1.807, 2.05) is 37.3 Å². The first-order valence-electron chi connectivity index (χ1n) is 9.77. The quantitative estimate of drug-likeness (QED) is 0.605. The molecule has 0 spiro atoms. The van der Waals surface area contributed by atoms with Gasteiger partial charge in [0.2, 0.25) is 0 Å². The number of aryl methyl sites for hydroxylation is 1. The van der Waals surface area contributed by atoms with Crippen LogP contribution in [0.3, 0.4) is 0 Å². The van der Waals surface area contributed by atoms with Gasteiger partial charge < -0.3 is 14.8 Å². The lowest BCUT2D eigenvalue weighted by Gasteiger charge is -2.15. The van der Waals surface area contributed by atoms with E-state index in [-0.39, 0.29) is 11.3 Å². The normalized spacial score (nSPS) is 13.6. The summed E-state index contributed by atoms with van der Waals surface area (Å²) in [5.74, 6) is 0.191. The highest BCUT2D eigenvalue weighted by atomic mass is 16.5. The third kappa shape index (κ3) is 3.75. The lowest BCUT2D eigenvalue weighted by Crippen LogP contribution is -2.32. The zero-order valence-corrected chi connectivity index (χ0v) is 17.5. The smallest absolute Gasteiger partial charge is 0.282 e. The molecule has 156 valence electrons. The standard InChI is InChI=1S/C25H22N2O4/c1-16-9-12-18(13-10-16)26-23-22(17-11-14-20(30-2)21(15-17)31-3)24(28)27(25(23)29)19-7-5-4-6-8-19/h4-15,26H,1-3H3. The maximum atomic E-state index is 13.5. The van der Waals surface area contributed by atoms with E-state index < -0.39 is 11.8 Å². The van der Waals surface area contributed by atoms with Gasteiger partial charge in [0.05, 0.1) is 25.5 Å². The number of para-hydroxylation sites is 1. The van der Waals surface area contributed by atoms with Crippen LogP contribution in [0.25, 0.3) is 5.57 Å². The largest absolute Gasteiger partial charge is 0.493 e. The van der Waals surface area contributed by atoms with E-state index >= 15 is 0 Å². The van der Waals surface area contributed by atoms with E-state index in [9.17, 15) is 9.59 Å². The lowest BCUT2D eigenvalue weighted by atomic mass is 10.0. The maximum absolute atomic E-state index is 13.5. The molecule has 0 saturated carbocycles. The second-order valence-corrected chi connectivity index (χ2v) is 7.09. The molecule has 4 rings (SSSR count). The minimum absolute atomic E-state index is 0.213. The first-order valence-corrected chi connectivity index (χ1v) is 9.77. The van der Waals surface area contributed by atoms with Crippen molar-refractivity contribution in [2.24, 2.45) is 0 Å². The minimum Gasteiger partial charge on any atom is -0.493 e. The van der Waals surface area contributed by atoms with Crippen molar-refractivity contribution in [1.29, 1.82) is 0 Å². The average molecular weight is 414 g/mol. The van der Waals surface area contributed by atoms with Gasteiger partial charge in [0, 0.05) is 5.69 Å². The molecule has 1 aliphatic heterocycles. The Morgan fingerprint density at radius 3 is 2.10 bits per heavy atom. The number of methoxy groups -OCH3 is 2. The van der Waals surface area contributed by atoms with Gasteiger partial charge in [-0.3, -0.25) is 9.59 Å². The van der Waals surface area contributed by atoms with Crippen LogP contribution >= 0.6 is 0 Å². The Kier molecular flexibility index (Phi) is 5.45. The second kappa shape index (κ2) is 8.36. The molecule has 0 aliphatic carbocycles. The Balaban J connectivity index is 1.84. The van der Waals surface area contributed by atoms with Gasteiger partial charge in [0.15, 0.2) is 11.5 Å². The number of nitrogens with one attached hydrogen (secondary N) is 1. The van der Waals surface area contributed by atoms with Crippen LogP contribution in [0.5, 0.6) is 11.5 Å². The SMILES string of the molecule is COc1ccc(C2=C(Nc3ccc(C)cc3)C(=O)N(c3ccccc3)C2=O)cc1OC. The first-order chi connectivity index (χ1) is 15.0. The molecule has 31 heavy (non-hydrogen) atoms. The molecule has 0 saturated heterocycles. The predicted octanol–water partition coefficient (Wildman–Crippen LogP) is 4.41. The molecule has 1 aliphatic rings. The number of anilines is 2. The van der Waals surface area contributed by atoms with Gasteiger partial charge in [0.25, 0.3) is 11.8 Å². The predicted molar refractivity (Wildman–Crippen MR) is 120 cm³/mol. The first kappa shape index (κ1) is 20.2. The van der Waals surface area contributed by atoms with Crippen LogP contribution in [-0.2, 0) is 9.59 Å². The fraction of sp³-hybridized carbons (Fsp3) is 0.120. The number of carbonyl (C=O) groups excluding carboxylic acids is 2. The number of ether oxygens (including phenoxy) is 2. The Morgan fingerprint density at radius 1 is 0.774 bits per heavy atom.